The zero-order valence-electron chi connectivity index (χ0n) is 15.5. The van der Waals surface area contributed by atoms with Crippen molar-refractivity contribution in [2.75, 3.05) is 19.0 Å². The molecule has 1 aromatic carbocycles. The largest absolute Gasteiger partial charge is 0.497 e. The molecule has 2 aromatic rings. The van der Waals surface area contributed by atoms with Gasteiger partial charge in [0.1, 0.15) is 5.75 Å². The van der Waals surface area contributed by atoms with Crippen LogP contribution in [0.25, 0.3) is 6.08 Å². The maximum absolute atomic E-state index is 11.1. The molecule has 138 valence electrons. The average molecular weight is 372 g/mol. The number of thiazole rings is 1. The van der Waals surface area contributed by atoms with Crippen LogP contribution in [0.2, 0.25) is 0 Å². The molecule has 1 amide bonds. The van der Waals surface area contributed by atoms with Gasteiger partial charge < -0.3 is 10.1 Å². The standard InChI is InChI=1S/C20H25N3O2S/c1-14-10-17(11-16-4-6-18(25-3)7-5-16)8-9-23(14)13-19-12-21-20(26-19)22-15(2)24/h4-7,11-12,14H,8-10,13H2,1-3H3,(H,21,22,24)/b17-11-/t14-/m0/s1. The minimum Gasteiger partial charge on any atom is -0.497 e. The van der Waals surface area contributed by atoms with Crippen LogP contribution in [0.1, 0.15) is 37.1 Å². The average Bonchev–Trinajstić information content (AvgIpc) is 3.04. The number of piperidine rings is 1. The van der Waals surface area contributed by atoms with Gasteiger partial charge in [-0.15, -0.1) is 11.3 Å². The predicted molar refractivity (Wildman–Crippen MR) is 106 cm³/mol. The highest BCUT2D eigenvalue weighted by atomic mass is 32.1. The van der Waals surface area contributed by atoms with Crippen LogP contribution in [-0.4, -0.2) is 35.5 Å². The predicted octanol–water partition coefficient (Wildman–Crippen LogP) is 4.18. The lowest BCUT2D eigenvalue weighted by molar-refractivity contribution is -0.114. The summed E-state index contributed by atoms with van der Waals surface area (Å²) in [4.78, 5) is 19.1. The lowest BCUT2D eigenvalue weighted by Gasteiger charge is -2.34. The quantitative estimate of drug-likeness (QED) is 0.857. The number of nitrogens with one attached hydrogen (secondary N) is 1. The van der Waals surface area contributed by atoms with Crippen LogP contribution in [0.3, 0.4) is 0 Å². The molecular formula is C20H25N3O2S. The van der Waals surface area contributed by atoms with E-state index >= 15 is 0 Å². The number of anilines is 1. The molecule has 0 saturated carbocycles. The van der Waals surface area contributed by atoms with Crippen molar-refractivity contribution in [1.29, 1.82) is 0 Å². The van der Waals surface area contributed by atoms with Crippen LogP contribution in [-0.2, 0) is 11.3 Å². The van der Waals surface area contributed by atoms with Gasteiger partial charge in [-0.05, 0) is 37.5 Å². The van der Waals surface area contributed by atoms with Gasteiger partial charge in [0, 0.05) is 37.1 Å². The molecule has 1 N–H and O–H groups in total. The first-order chi connectivity index (χ1) is 12.5. The van der Waals surface area contributed by atoms with Crippen LogP contribution in [0.5, 0.6) is 5.75 Å². The molecule has 0 unspecified atom stereocenters. The number of nitrogens with zero attached hydrogens (tertiary/aromatic N) is 2. The van der Waals surface area contributed by atoms with E-state index < -0.39 is 0 Å². The first kappa shape index (κ1) is 18.6. The van der Waals surface area contributed by atoms with E-state index in [2.05, 4.69) is 40.3 Å². The maximum Gasteiger partial charge on any atom is 0.223 e. The number of carbonyl (C=O) groups excluding carboxylic acids is 1. The number of hydrogen-bond acceptors (Lipinski definition) is 5. The summed E-state index contributed by atoms with van der Waals surface area (Å²) in [7, 11) is 1.69. The number of likely N-dealkylation sites (tertiary alicyclic amines) is 1. The maximum atomic E-state index is 11.1. The first-order valence-electron chi connectivity index (χ1n) is 8.83. The Labute approximate surface area is 158 Å². The summed E-state index contributed by atoms with van der Waals surface area (Å²) in [6, 6.07) is 8.69. The minimum atomic E-state index is -0.0782. The van der Waals surface area contributed by atoms with E-state index in [-0.39, 0.29) is 5.91 Å². The SMILES string of the molecule is COc1ccc(/C=C2/CCN(Cc3cnc(NC(C)=O)s3)[C@@H](C)C2)cc1. The van der Waals surface area contributed by atoms with E-state index in [0.29, 0.717) is 11.2 Å². The fraction of sp³-hybridized carbons (Fsp3) is 0.400. The molecule has 1 aliphatic rings. The third-order valence-electron chi connectivity index (χ3n) is 4.58. The molecule has 6 heteroatoms. The number of rotatable bonds is 5. The highest BCUT2D eigenvalue weighted by Gasteiger charge is 2.22. The van der Waals surface area contributed by atoms with Gasteiger partial charge in [0.15, 0.2) is 5.13 Å². The molecule has 1 saturated heterocycles. The number of aromatic nitrogens is 1. The van der Waals surface area contributed by atoms with Crippen LogP contribution >= 0.6 is 11.3 Å². The summed E-state index contributed by atoms with van der Waals surface area (Å²) in [6.45, 7) is 5.70. The second-order valence-electron chi connectivity index (χ2n) is 6.66. The Hall–Kier alpha value is -2.18. The number of carbonyl (C=O) groups is 1. The third kappa shape index (κ3) is 4.93. The first-order valence-corrected chi connectivity index (χ1v) is 9.65. The molecule has 1 aliphatic heterocycles. The van der Waals surface area contributed by atoms with Gasteiger partial charge in [0.25, 0.3) is 0 Å². The van der Waals surface area contributed by atoms with Crippen LogP contribution in [0.4, 0.5) is 5.13 Å². The smallest absolute Gasteiger partial charge is 0.223 e. The van der Waals surface area contributed by atoms with Gasteiger partial charge in [-0.3, -0.25) is 9.69 Å². The fourth-order valence-electron chi connectivity index (χ4n) is 3.21. The highest BCUT2D eigenvalue weighted by Crippen LogP contribution is 2.28. The Morgan fingerprint density at radius 2 is 2.19 bits per heavy atom. The number of benzene rings is 1. The molecule has 1 aromatic heterocycles. The Morgan fingerprint density at radius 1 is 1.42 bits per heavy atom. The Balaban J connectivity index is 1.58. The van der Waals surface area contributed by atoms with Crippen molar-refractivity contribution < 1.29 is 9.53 Å². The van der Waals surface area contributed by atoms with Crippen LogP contribution < -0.4 is 10.1 Å². The second kappa shape index (κ2) is 8.47. The highest BCUT2D eigenvalue weighted by molar-refractivity contribution is 7.15. The van der Waals surface area contributed by atoms with Crippen molar-refractivity contribution in [3.05, 3.63) is 46.5 Å². The lowest BCUT2D eigenvalue weighted by atomic mass is 9.95. The Kier molecular flexibility index (Phi) is 6.06. The Morgan fingerprint density at radius 3 is 2.85 bits per heavy atom. The molecule has 0 spiro atoms. The minimum absolute atomic E-state index is 0.0782. The van der Waals surface area contributed by atoms with E-state index in [1.54, 1.807) is 18.4 Å². The van der Waals surface area contributed by atoms with E-state index in [9.17, 15) is 4.79 Å². The number of hydrogen-bond donors (Lipinski definition) is 1. The van der Waals surface area contributed by atoms with E-state index in [0.717, 1.165) is 31.7 Å². The van der Waals surface area contributed by atoms with Crippen molar-refractivity contribution in [1.82, 2.24) is 9.88 Å². The van der Waals surface area contributed by atoms with E-state index in [4.69, 9.17) is 4.74 Å². The van der Waals surface area contributed by atoms with Crippen molar-refractivity contribution in [3.63, 3.8) is 0 Å². The molecular weight excluding hydrogens is 346 g/mol. The molecule has 0 bridgehead atoms. The molecule has 1 atom stereocenters. The van der Waals surface area contributed by atoms with Gasteiger partial charge in [-0.1, -0.05) is 23.8 Å². The monoisotopic (exact) mass is 371 g/mol. The van der Waals surface area contributed by atoms with Gasteiger partial charge in [0.05, 0.1) is 7.11 Å². The summed E-state index contributed by atoms with van der Waals surface area (Å²) in [5.74, 6) is 0.809. The number of methoxy groups -OCH3 is 1. The molecule has 0 aliphatic carbocycles. The zero-order valence-corrected chi connectivity index (χ0v) is 16.3. The molecule has 26 heavy (non-hydrogen) atoms. The molecule has 0 radical (unpaired) electrons. The van der Waals surface area contributed by atoms with Crippen molar-refractivity contribution >= 4 is 28.5 Å². The Bertz CT molecular complexity index is 783. The summed E-state index contributed by atoms with van der Waals surface area (Å²) in [6.07, 6.45) is 6.32. The summed E-state index contributed by atoms with van der Waals surface area (Å²) < 4.78 is 5.22. The van der Waals surface area contributed by atoms with Gasteiger partial charge in [0.2, 0.25) is 5.91 Å². The molecule has 5 nitrogen and oxygen atoms in total. The third-order valence-corrected chi connectivity index (χ3v) is 5.48. The van der Waals surface area contributed by atoms with Crippen LogP contribution in [0, 0.1) is 0 Å². The molecule has 3 rings (SSSR count). The summed E-state index contributed by atoms with van der Waals surface area (Å²) >= 11 is 1.55. The van der Waals surface area contributed by atoms with E-state index in [1.807, 2.05) is 18.3 Å². The van der Waals surface area contributed by atoms with Crippen LogP contribution in [0.15, 0.2) is 36.0 Å². The molecule has 1 fully saturated rings. The normalized spacial score (nSPS) is 19.5. The van der Waals surface area contributed by atoms with Crippen molar-refractivity contribution in [3.8, 4) is 5.75 Å². The van der Waals surface area contributed by atoms with Gasteiger partial charge in [-0.25, -0.2) is 4.98 Å². The summed E-state index contributed by atoms with van der Waals surface area (Å²) in [5, 5.41) is 3.43. The van der Waals surface area contributed by atoms with Gasteiger partial charge in [-0.2, -0.15) is 0 Å². The molecule has 2 heterocycles. The fourth-order valence-corrected chi connectivity index (χ4v) is 4.09. The zero-order chi connectivity index (χ0) is 18.5. The summed E-state index contributed by atoms with van der Waals surface area (Å²) in [5.41, 5.74) is 2.71. The topological polar surface area (TPSA) is 54.5 Å². The van der Waals surface area contributed by atoms with Crippen molar-refractivity contribution in [2.45, 2.75) is 39.3 Å². The lowest BCUT2D eigenvalue weighted by Crippen LogP contribution is -2.37. The van der Waals surface area contributed by atoms with Gasteiger partial charge >= 0.3 is 0 Å². The second-order valence-corrected chi connectivity index (χ2v) is 7.78. The van der Waals surface area contributed by atoms with E-state index in [1.165, 1.54) is 22.9 Å². The number of amides is 1. The number of ether oxygens (including phenoxy) is 1. The van der Waals surface area contributed by atoms with Crippen molar-refractivity contribution in [2.24, 2.45) is 0 Å².